The first-order chi connectivity index (χ1) is 9.49. The molecule has 0 aliphatic carbocycles. The summed E-state index contributed by atoms with van der Waals surface area (Å²) in [5.74, 6) is 0.715. The van der Waals surface area contributed by atoms with Gasteiger partial charge in [-0.25, -0.2) is 9.37 Å². The molecule has 0 amide bonds. The van der Waals surface area contributed by atoms with Gasteiger partial charge in [-0.15, -0.1) is 0 Å². The monoisotopic (exact) mass is 276 g/mol. The smallest absolute Gasteiger partial charge is 0.204 e. The van der Waals surface area contributed by atoms with Crippen molar-refractivity contribution < 1.29 is 4.39 Å². The topological polar surface area (TPSA) is 33.1 Å². The van der Waals surface area contributed by atoms with Crippen molar-refractivity contribution >= 4 is 5.95 Å². The molecule has 1 heterocycles. The molecule has 2 aromatic rings. The van der Waals surface area contributed by atoms with E-state index in [1.807, 2.05) is 49.8 Å². The molecule has 0 saturated carbocycles. The van der Waals surface area contributed by atoms with Gasteiger partial charge in [0.25, 0.3) is 0 Å². The van der Waals surface area contributed by atoms with Gasteiger partial charge in [-0.1, -0.05) is 12.1 Å². The number of nitrogens with one attached hydrogen (secondary N) is 1. The fourth-order valence-electron chi connectivity index (χ4n) is 2.17. The van der Waals surface area contributed by atoms with Crippen LogP contribution in [0.4, 0.5) is 10.3 Å². The van der Waals surface area contributed by atoms with E-state index >= 15 is 0 Å². The van der Waals surface area contributed by atoms with Gasteiger partial charge >= 0.3 is 0 Å². The van der Waals surface area contributed by atoms with E-state index in [4.69, 9.17) is 0 Å². The maximum absolute atomic E-state index is 13.2. The standard InChI is InChI=1S/C15H21FN4/c1-11(12-6-5-7-13(16)8-12)17-9-14-10-18-15(19(2)3)20(14)4/h5-8,10-11,17H,9H2,1-4H3/t11-/m1/s1. The normalized spacial score (nSPS) is 12.4. The quantitative estimate of drug-likeness (QED) is 0.910. The van der Waals surface area contributed by atoms with Crippen molar-refractivity contribution in [2.24, 2.45) is 7.05 Å². The number of aromatic nitrogens is 2. The van der Waals surface area contributed by atoms with Gasteiger partial charge in [0.05, 0.1) is 11.9 Å². The molecule has 0 radical (unpaired) electrons. The summed E-state index contributed by atoms with van der Waals surface area (Å²) in [6.45, 7) is 2.72. The minimum atomic E-state index is -0.202. The highest BCUT2D eigenvalue weighted by atomic mass is 19.1. The Balaban J connectivity index is 2.02. The zero-order chi connectivity index (χ0) is 14.7. The molecule has 1 aromatic heterocycles. The summed E-state index contributed by atoms with van der Waals surface area (Å²) in [6.07, 6.45) is 1.86. The van der Waals surface area contributed by atoms with Crippen LogP contribution in [-0.4, -0.2) is 23.6 Å². The first kappa shape index (κ1) is 14.5. The Hall–Kier alpha value is -1.88. The van der Waals surface area contributed by atoms with Crippen LogP contribution in [0.2, 0.25) is 0 Å². The number of nitrogens with zero attached hydrogens (tertiary/aromatic N) is 3. The maximum Gasteiger partial charge on any atom is 0.204 e. The molecule has 4 nitrogen and oxygen atoms in total. The number of benzene rings is 1. The molecule has 108 valence electrons. The number of halogens is 1. The van der Waals surface area contributed by atoms with Crippen LogP contribution in [0.1, 0.15) is 24.2 Å². The largest absolute Gasteiger partial charge is 0.348 e. The van der Waals surface area contributed by atoms with Crippen molar-refractivity contribution in [3.05, 3.63) is 47.5 Å². The molecule has 5 heteroatoms. The Bertz CT molecular complexity index is 577. The lowest BCUT2D eigenvalue weighted by Gasteiger charge is -2.16. The van der Waals surface area contributed by atoms with Crippen LogP contribution in [-0.2, 0) is 13.6 Å². The summed E-state index contributed by atoms with van der Waals surface area (Å²) in [6, 6.07) is 6.77. The van der Waals surface area contributed by atoms with Gasteiger partial charge < -0.3 is 14.8 Å². The van der Waals surface area contributed by atoms with Crippen LogP contribution in [0, 0.1) is 5.82 Å². The van der Waals surface area contributed by atoms with Crippen LogP contribution < -0.4 is 10.2 Å². The number of rotatable bonds is 5. The first-order valence-corrected chi connectivity index (χ1v) is 6.66. The molecule has 0 bridgehead atoms. The summed E-state index contributed by atoms with van der Waals surface area (Å²) >= 11 is 0. The van der Waals surface area contributed by atoms with Crippen LogP contribution in [0.15, 0.2) is 30.5 Å². The minimum absolute atomic E-state index is 0.0865. The van der Waals surface area contributed by atoms with Crippen LogP contribution in [0.25, 0.3) is 0 Å². The molecule has 1 atom stereocenters. The van der Waals surface area contributed by atoms with Gasteiger partial charge in [0.1, 0.15) is 5.82 Å². The van der Waals surface area contributed by atoms with Crippen molar-refractivity contribution in [1.29, 1.82) is 0 Å². The molecular formula is C15H21FN4. The Labute approximate surface area is 119 Å². The molecule has 20 heavy (non-hydrogen) atoms. The van der Waals surface area contributed by atoms with E-state index in [0.717, 1.165) is 17.2 Å². The molecule has 0 aliphatic heterocycles. The van der Waals surface area contributed by atoms with E-state index in [1.54, 1.807) is 12.1 Å². The molecular weight excluding hydrogens is 255 g/mol. The SMILES string of the molecule is C[C@@H](NCc1cnc(N(C)C)n1C)c1cccc(F)c1. The van der Waals surface area contributed by atoms with Crippen LogP contribution >= 0.6 is 0 Å². The maximum atomic E-state index is 13.2. The zero-order valence-electron chi connectivity index (χ0n) is 12.4. The van der Waals surface area contributed by atoms with E-state index in [-0.39, 0.29) is 11.9 Å². The van der Waals surface area contributed by atoms with Gasteiger partial charge in [0.2, 0.25) is 5.95 Å². The second kappa shape index (κ2) is 6.05. The van der Waals surface area contributed by atoms with Crippen molar-refractivity contribution in [1.82, 2.24) is 14.9 Å². The molecule has 1 aromatic carbocycles. The van der Waals surface area contributed by atoms with E-state index < -0.39 is 0 Å². The van der Waals surface area contributed by atoms with Gasteiger partial charge in [-0.05, 0) is 24.6 Å². The Morgan fingerprint density at radius 3 is 2.75 bits per heavy atom. The summed E-state index contributed by atoms with van der Waals surface area (Å²) in [5.41, 5.74) is 2.04. The highest BCUT2D eigenvalue weighted by Crippen LogP contribution is 2.15. The molecule has 2 rings (SSSR count). The number of imidazole rings is 1. The number of hydrogen-bond acceptors (Lipinski definition) is 3. The van der Waals surface area contributed by atoms with Gasteiger partial charge in [-0.2, -0.15) is 0 Å². The third-order valence-electron chi connectivity index (χ3n) is 3.40. The molecule has 0 spiro atoms. The second-order valence-corrected chi connectivity index (χ2v) is 5.16. The number of anilines is 1. The van der Waals surface area contributed by atoms with E-state index in [9.17, 15) is 4.39 Å². The second-order valence-electron chi connectivity index (χ2n) is 5.16. The van der Waals surface area contributed by atoms with E-state index in [1.165, 1.54) is 6.07 Å². The minimum Gasteiger partial charge on any atom is -0.348 e. The molecule has 0 fully saturated rings. The van der Waals surface area contributed by atoms with Gasteiger partial charge in [-0.3, -0.25) is 0 Å². The summed E-state index contributed by atoms with van der Waals surface area (Å²) in [4.78, 5) is 6.34. The predicted octanol–water partition coefficient (Wildman–Crippen LogP) is 2.48. The highest BCUT2D eigenvalue weighted by molar-refractivity contribution is 5.31. The van der Waals surface area contributed by atoms with Gasteiger partial charge in [0.15, 0.2) is 0 Å². The molecule has 0 aliphatic rings. The number of hydrogen-bond donors (Lipinski definition) is 1. The third kappa shape index (κ3) is 3.17. The van der Waals surface area contributed by atoms with Crippen molar-refractivity contribution in [2.45, 2.75) is 19.5 Å². The highest BCUT2D eigenvalue weighted by Gasteiger charge is 2.10. The summed E-state index contributed by atoms with van der Waals surface area (Å²) in [7, 11) is 5.93. The fraction of sp³-hybridized carbons (Fsp3) is 0.400. The van der Waals surface area contributed by atoms with Crippen LogP contribution in [0.5, 0.6) is 0 Å². The third-order valence-corrected chi connectivity index (χ3v) is 3.40. The predicted molar refractivity (Wildman–Crippen MR) is 79.2 cm³/mol. The zero-order valence-corrected chi connectivity index (χ0v) is 12.4. The lowest BCUT2D eigenvalue weighted by molar-refractivity contribution is 0.551. The Morgan fingerprint density at radius 1 is 1.40 bits per heavy atom. The average molecular weight is 276 g/mol. The lowest BCUT2D eigenvalue weighted by atomic mass is 10.1. The van der Waals surface area contributed by atoms with E-state index in [0.29, 0.717) is 6.54 Å². The van der Waals surface area contributed by atoms with Crippen molar-refractivity contribution in [3.8, 4) is 0 Å². The van der Waals surface area contributed by atoms with Gasteiger partial charge in [0, 0.05) is 33.7 Å². The average Bonchev–Trinajstić information content (AvgIpc) is 2.77. The summed E-state index contributed by atoms with van der Waals surface area (Å²) < 4.78 is 15.2. The molecule has 0 saturated heterocycles. The first-order valence-electron chi connectivity index (χ1n) is 6.66. The molecule has 0 unspecified atom stereocenters. The Morgan fingerprint density at radius 2 is 2.15 bits per heavy atom. The van der Waals surface area contributed by atoms with E-state index in [2.05, 4.69) is 10.3 Å². The lowest BCUT2D eigenvalue weighted by Crippen LogP contribution is -2.21. The molecule has 1 N–H and O–H groups in total. The van der Waals surface area contributed by atoms with Crippen molar-refractivity contribution in [2.75, 3.05) is 19.0 Å². The van der Waals surface area contributed by atoms with Crippen LogP contribution in [0.3, 0.4) is 0 Å². The summed E-state index contributed by atoms with van der Waals surface area (Å²) in [5, 5.41) is 3.39. The fourth-order valence-corrected chi connectivity index (χ4v) is 2.17. The Kier molecular flexibility index (Phi) is 4.39. The van der Waals surface area contributed by atoms with Crippen molar-refractivity contribution in [3.63, 3.8) is 0 Å².